The lowest BCUT2D eigenvalue weighted by Gasteiger charge is -2.34. The zero-order valence-electron chi connectivity index (χ0n) is 11.8. The van der Waals surface area contributed by atoms with Gasteiger partial charge in [-0.2, -0.15) is 0 Å². The van der Waals surface area contributed by atoms with Gasteiger partial charge in [-0.3, -0.25) is 4.79 Å². The van der Waals surface area contributed by atoms with Crippen LogP contribution in [0.1, 0.15) is 52.0 Å². The molecule has 1 N–H and O–H groups in total. The number of carboxylic acids is 1. The van der Waals surface area contributed by atoms with Crippen LogP contribution in [0, 0.1) is 11.3 Å². The van der Waals surface area contributed by atoms with Crippen LogP contribution in [0.4, 0.5) is 0 Å². The summed E-state index contributed by atoms with van der Waals surface area (Å²) in [6, 6.07) is 9.93. The predicted molar refractivity (Wildman–Crippen MR) is 74.7 cm³/mol. The first kappa shape index (κ1) is 14.7. The molecule has 3 atom stereocenters. The standard InChI is InChI=1S/C16H24O2/c1-5-12(2)11-16(4,15(17)18)13(3)14-9-7-6-8-10-14/h6-10,12-13H,5,11H2,1-4H3,(H,17,18). The van der Waals surface area contributed by atoms with Crippen molar-refractivity contribution in [2.45, 2.75) is 46.5 Å². The Hall–Kier alpha value is -1.31. The summed E-state index contributed by atoms with van der Waals surface area (Å²) in [6.45, 7) is 8.13. The lowest BCUT2D eigenvalue weighted by Crippen LogP contribution is -2.35. The second-order valence-corrected chi connectivity index (χ2v) is 5.57. The first-order valence-corrected chi connectivity index (χ1v) is 6.70. The SMILES string of the molecule is CCC(C)CC(C)(C(=O)O)C(C)c1ccccc1. The Kier molecular flexibility index (Phi) is 4.94. The average Bonchev–Trinajstić information content (AvgIpc) is 2.38. The highest BCUT2D eigenvalue weighted by molar-refractivity contribution is 5.75. The highest BCUT2D eigenvalue weighted by Gasteiger charge is 2.40. The fourth-order valence-corrected chi connectivity index (χ4v) is 2.43. The fraction of sp³-hybridized carbons (Fsp3) is 0.562. The van der Waals surface area contributed by atoms with Crippen LogP contribution >= 0.6 is 0 Å². The van der Waals surface area contributed by atoms with Crippen LogP contribution in [0.5, 0.6) is 0 Å². The zero-order chi connectivity index (χ0) is 13.8. The molecule has 100 valence electrons. The van der Waals surface area contributed by atoms with E-state index < -0.39 is 11.4 Å². The molecule has 3 unspecified atom stereocenters. The predicted octanol–water partition coefficient (Wildman–Crippen LogP) is 4.32. The molecule has 2 heteroatoms. The molecule has 0 fully saturated rings. The summed E-state index contributed by atoms with van der Waals surface area (Å²) in [5.74, 6) is -0.249. The Labute approximate surface area is 110 Å². The van der Waals surface area contributed by atoms with Crippen LogP contribution in [-0.4, -0.2) is 11.1 Å². The highest BCUT2D eigenvalue weighted by Crippen LogP contribution is 2.41. The molecule has 2 nitrogen and oxygen atoms in total. The third-order valence-corrected chi connectivity index (χ3v) is 4.21. The second kappa shape index (κ2) is 6.03. The van der Waals surface area contributed by atoms with Crippen molar-refractivity contribution in [1.82, 2.24) is 0 Å². The molecule has 0 saturated carbocycles. The molecule has 0 aliphatic carbocycles. The van der Waals surface area contributed by atoms with E-state index in [1.54, 1.807) is 0 Å². The van der Waals surface area contributed by atoms with Gasteiger partial charge in [0, 0.05) is 0 Å². The molecule has 0 amide bonds. The van der Waals surface area contributed by atoms with Crippen molar-refractivity contribution in [2.75, 3.05) is 0 Å². The van der Waals surface area contributed by atoms with Gasteiger partial charge in [-0.05, 0) is 30.7 Å². The van der Waals surface area contributed by atoms with Crippen molar-refractivity contribution < 1.29 is 9.90 Å². The first-order chi connectivity index (χ1) is 8.41. The van der Waals surface area contributed by atoms with Crippen molar-refractivity contribution in [3.05, 3.63) is 35.9 Å². The van der Waals surface area contributed by atoms with Crippen molar-refractivity contribution in [3.8, 4) is 0 Å². The topological polar surface area (TPSA) is 37.3 Å². The minimum Gasteiger partial charge on any atom is -0.481 e. The lowest BCUT2D eigenvalue weighted by molar-refractivity contribution is -0.150. The average molecular weight is 248 g/mol. The van der Waals surface area contributed by atoms with Crippen LogP contribution in [0.15, 0.2) is 30.3 Å². The molecule has 0 heterocycles. The molecular formula is C16H24O2. The summed E-state index contributed by atoms with van der Waals surface area (Å²) in [5, 5.41) is 9.61. The maximum Gasteiger partial charge on any atom is 0.309 e. The smallest absolute Gasteiger partial charge is 0.309 e. The summed E-state index contributed by atoms with van der Waals surface area (Å²) in [5.41, 5.74) is 0.405. The molecule has 1 aromatic carbocycles. The lowest BCUT2D eigenvalue weighted by atomic mass is 9.69. The summed E-state index contributed by atoms with van der Waals surface area (Å²) in [6.07, 6.45) is 1.74. The quantitative estimate of drug-likeness (QED) is 0.814. The number of rotatable bonds is 6. The number of hydrogen-bond donors (Lipinski definition) is 1. The summed E-state index contributed by atoms with van der Waals surface area (Å²) < 4.78 is 0. The summed E-state index contributed by atoms with van der Waals surface area (Å²) in [7, 11) is 0. The van der Waals surface area contributed by atoms with Crippen molar-refractivity contribution in [2.24, 2.45) is 11.3 Å². The summed E-state index contributed by atoms with van der Waals surface area (Å²) >= 11 is 0. The summed E-state index contributed by atoms with van der Waals surface area (Å²) in [4.78, 5) is 11.7. The highest BCUT2D eigenvalue weighted by atomic mass is 16.4. The maximum absolute atomic E-state index is 11.7. The number of benzene rings is 1. The van der Waals surface area contributed by atoms with Crippen LogP contribution in [0.3, 0.4) is 0 Å². The first-order valence-electron chi connectivity index (χ1n) is 6.70. The Bertz CT molecular complexity index is 385. The Balaban J connectivity index is 3.01. The van der Waals surface area contributed by atoms with Gasteiger partial charge in [-0.1, -0.05) is 57.5 Å². The molecule has 0 aliphatic heterocycles. The Morgan fingerprint density at radius 3 is 2.28 bits per heavy atom. The van der Waals surface area contributed by atoms with E-state index in [9.17, 15) is 9.90 Å². The molecule has 0 saturated heterocycles. The van der Waals surface area contributed by atoms with E-state index in [1.807, 2.05) is 44.2 Å². The molecule has 0 aliphatic rings. The number of carbonyl (C=O) groups is 1. The fourth-order valence-electron chi connectivity index (χ4n) is 2.43. The minimum atomic E-state index is -0.698. The van der Waals surface area contributed by atoms with Crippen molar-refractivity contribution in [1.29, 1.82) is 0 Å². The van der Waals surface area contributed by atoms with Gasteiger partial charge < -0.3 is 5.11 Å². The normalized spacial score (nSPS) is 17.8. The van der Waals surface area contributed by atoms with Gasteiger partial charge in [0.15, 0.2) is 0 Å². The van der Waals surface area contributed by atoms with Crippen molar-refractivity contribution >= 4 is 5.97 Å². The van der Waals surface area contributed by atoms with Gasteiger partial charge in [-0.25, -0.2) is 0 Å². The van der Waals surface area contributed by atoms with E-state index in [0.717, 1.165) is 18.4 Å². The van der Waals surface area contributed by atoms with Gasteiger partial charge in [-0.15, -0.1) is 0 Å². The molecular weight excluding hydrogens is 224 g/mol. The van der Waals surface area contributed by atoms with Gasteiger partial charge in [0.25, 0.3) is 0 Å². The molecule has 0 aromatic heterocycles. The van der Waals surface area contributed by atoms with Gasteiger partial charge in [0.05, 0.1) is 5.41 Å². The largest absolute Gasteiger partial charge is 0.481 e. The number of aliphatic carboxylic acids is 1. The second-order valence-electron chi connectivity index (χ2n) is 5.57. The van der Waals surface area contributed by atoms with E-state index in [4.69, 9.17) is 0 Å². The van der Waals surface area contributed by atoms with Crippen LogP contribution < -0.4 is 0 Å². The van der Waals surface area contributed by atoms with E-state index in [-0.39, 0.29) is 5.92 Å². The molecule has 18 heavy (non-hydrogen) atoms. The van der Waals surface area contributed by atoms with E-state index in [1.165, 1.54) is 0 Å². The van der Waals surface area contributed by atoms with Crippen molar-refractivity contribution in [3.63, 3.8) is 0 Å². The van der Waals surface area contributed by atoms with E-state index in [0.29, 0.717) is 5.92 Å². The van der Waals surface area contributed by atoms with Gasteiger partial charge in [0.2, 0.25) is 0 Å². The minimum absolute atomic E-state index is 0.0187. The van der Waals surface area contributed by atoms with Crippen LogP contribution in [-0.2, 0) is 4.79 Å². The van der Waals surface area contributed by atoms with Gasteiger partial charge >= 0.3 is 5.97 Å². The van der Waals surface area contributed by atoms with Gasteiger partial charge in [0.1, 0.15) is 0 Å². The maximum atomic E-state index is 11.7. The molecule has 1 rings (SSSR count). The third-order valence-electron chi connectivity index (χ3n) is 4.21. The van der Waals surface area contributed by atoms with E-state index in [2.05, 4.69) is 13.8 Å². The molecule has 0 bridgehead atoms. The Morgan fingerprint density at radius 1 is 1.28 bits per heavy atom. The monoisotopic (exact) mass is 248 g/mol. The number of carboxylic acid groups (broad SMARTS) is 1. The molecule has 1 aromatic rings. The Morgan fingerprint density at radius 2 is 1.83 bits per heavy atom. The third kappa shape index (κ3) is 3.12. The van der Waals surface area contributed by atoms with Crippen LogP contribution in [0.2, 0.25) is 0 Å². The van der Waals surface area contributed by atoms with Crippen LogP contribution in [0.25, 0.3) is 0 Å². The van der Waals surface area contributed by atoms with E-state index >= 15 is 0 Å². The molecule has 0 radical (unpaired) electrons. The molecule has 0 spiro atoms. The zero-order valence-corrected chi connectivity index (χ0v) is 11.8. The number of hydrogen-bond acceptors (Lipinski definition) is 1.